The monoisotopic (exact) mass is 507 g/mol. The fraction of sp³-hybridized carbons (Fsp3) is 0.440. The highest BCUT2D eigenvalue weighted by molar-refractivity contribution is 7.89. The van der Waals surface area contributed by atoms with Crippen molar-refractivity contribution in [2.45, 2.75) is 64.1 Å². The Labute approximate surface area is 208 Å². The molecule has 2 aromatic carbocycles. The van der Waals surface area contributed by atoms with Crippen LogP contribution in [0, 0.1) is 6.92 Å². The van der Waals surface area contributed by atoms with Gasteiger partial charge in [0.15, 0.2) is 0 Å². The van der Waals surface area contributed by atoms with Crippen LogP contribution in [-0.2, 0) is 26.2 Å². The lowest BCUT2D eigenvalue weighted by molar-refractivity contribution is -0.142. The SMILES string of the molecule is CCC(C(=O)NC(C)(C)C)N(Cc1ccccc1C)C(=O)CN(C)S(=O)(=O)c1ccc(Cl)cc1. The number of benzene rings is 2. The molecule has 2 amide bonds. The van der Waals surface area contributed by atoms with Crippen molar-refractivity contribution in [2.24, 2.45) is 0 Å². The summed E-state index contributed by atoms with van der Waals surface area (Å²) < 4.78 is 27.0. The summed E-state index contributed by atoms with van der Waals surface area (Å²) in [7, 11) is -2.57. The van der Waals surface area contributed by atoms with Crippen molar-refractivity contribution >= 4 is 33.4 Å². The molecule has 1 atom stereocenters. The second kappa shape index (κ2) is 11.3. The Hall–Kier alpha value is -2.42. The van der Waals surface area contributed by atoms with Crippen molar-refractivity contribution < 1.29 is 18.0 Å². The van der Waals surface area contributed by atoms with Crippen LogP contribution in [0.25, 0.3) is 0 Å². The van der Waals surface area contributed by atoms with Crippen LogP contribution >= 0.6 is 11.6 Å². The van der Waals surface area contributed by atoms with Crippen LogP contribution in [0.1, 0.15) is 45.2 Å². The maximum atomic E-state index is 13.5. The van der Waals surface area contributed by atoms with Gasteiger partial charge in [-0.1, -0.05) is 42.8 Å². The third-order valence-electron chi connectivity index (χ3n) is 5.37. The number of sulfonamides is 1. The Kier molecular flexibility index (Phi) is 9.28. The molecular formula is C25H34ClN3O4S. The Balaban J connectivity index is 2.36. The summed E-state index contributed by atoms with van der Waals surface area (Å²) in [4.78, 5) is 28.1. The Morgan fingerprint density at radius 3 is 2.18 bits per heavy atom. The molecule has 9 heteroatoms. The van der Waals surface area contributed by atoms with Crippen molar-refractivity contribution in [1.29, 1.82) is 0 Å². The quantitative estimate of drug-likeness (QED) is 0.556. The number of carbonyl (C=O) groups excluding carboxylic acids is 2. The molecular weight excluding hydrogens is 474 g/mol. The number of hydrogen-bond donors (Lipinski definition) is 1. The van der Waals surface area contributed by atoms with Gasteiger partial charge in [0.1, 0.15) is 6.04 Å². The normalized spacial score (nSPS) is 12.9. The first kappa shape index (κ1) is 27.8. The van der Waals surface area contributed by atoms with Crippen LogP contribution in [0.4, 0.5) is 0 Å². The van der Waals surface area contributed by atoms with E-state index in [1.54, 1.807) is 0 Å². The molecule has 1 unspecified atom stereocenters. The van der Waals surface area contributed by atoms with E-state index in [0.717, 1.165) is 15.4 Å². The predicted octanol–water partition coefficient (Wildman–Crippen LogP) is 3.99. The molecule has 0 radical (unpaired) electrons. The molecule has 0 heterocycles. The maximum Gasteiger partial charge on any atom is 0.243 e. The van der Waals surface area contributed by atoms with Gasteiger partial charge in [0.25, 0.3) is 0 Å². The van der Waals surface area contributed by atoms with Crippen LogP contribution in [0.3, 0.4) is 0 Å². The van der Waals surface area contributed by atoms with E-state index in [1.165, 1.54) is 36.2 Å². The molecule has 186 valence electrons. The molecule has 0 aliphatic carbocycles. The average molecular weight is 508 g/mol. The molecule has 0 bridgehead atoms. The van der Waals surface area contributed by atoms with Crippen LogP contribution in [0.15, 0.2) is 53.4 Å². The third-order valence-corrected chi connectivity index (χ3v) is 7.44. The highest BCUT2D eigenvalue weighted by atomic mass is 35.5. The van der Waals surface area contributed by atoms with E-state index in [4.69, 9.17) is 11.6 Å². The van der Waals surface area contributed by atoms with E-state index < -0.39 is 34.1 Å². The number of nitrogens with zero attached hydrogens (tertiary/aromatic N) is 2. The van der Waals surface area contributed by atoms with Crippen LogP contribution in [0.2, 0.25) is 5.02 Å². The zero-order valence-electron chi connectivity index (χ0n) is 20.6. The molecule has 0 spiro atoms. The summed E-state index contributed by atoms with van der Waals surface area (Å²) in [6.07, 6.45) is 0.382. The van der Waals surface area contributed by atoms with Crippen LogP contribution < -0.4 is 5.32 Å². The predicted molar refractivity (Wildman–Crippen MR) is 135 cm³/mol. The Morgan fingerprint density at radius 2 is 1.65 bits per heavy atom. The molecule has 2 aromatic rings. The highest BCUT2D eigenvalue weighted by Crippen LogP contribution is 2.20. The largest absolute Gasteiger partial charge is 0.350 e. The van der Waals surface area contributed by atoms with Crippen molar-refractivity contribution in [2.75, 3.05) is 13.6 Å². The molecule has 2 rings (SSSR count). The minimum Gasteiger partial charge on any atom is -0.350 e. The number of aryl methyl sites for hydroxylation is 1. The van der Waals surface area contributed by atoms with Gasteiger partial charge in [-0.05, 0) is 69.5 Å². The fourth-order valence-corrected chi connectivity index (χ4v) is 4.74. The number of rotatable bonds is 9. The minimum atomic E-state index is -3.92. The van der Waals surface area contributed by atoms with Crippen molar-refractivity contribution in [3.05, 3.63) is 64.7 Å². The van der Waals surface area contributed by atoms with E-state index in [0.29, 0.717) is 11.4 Å². The zero-order valence-corrected chi connectivity index (χ0v) is 22.2. The van der Waals surface area contributed by atoms with Gasteiger partial charge < -0.3 is 10.2 Å². The smallest absolute Gasteiger partial charge is 0.243 e. The molecule has 0 aliphatic heterocycles. The van der Waals surface area contributed by atoms with Gasteiger partial charge in [0.05, 0.1) is 11.4 Å². The van der Waals surface area contributed by atoms with E-state index in [2.05, 4.69) is 5.32 Å². The number of amides is 2. The number of likely N-dealkylation sites (N-methyl/N-ethyl adjacent to an activating group) is 1. The number of hydrogen-bond acceptors (Lipinski definition) is 4. The third kappa shape index (κ3) is 7.29. The molecule has 34 heavy (non-hydrogen) atoms. The number of carbonyl (C=O) groups is 2. The molecule has 0 fully saturated rings. The molecule has 0 saturated heterocycles. The Morgan fingerprint density at radius 1 is 1.06 bits per heavy atom. The summed E-state index contributed by atoms with van der Waals surface area (Å²) in [6.45, 7) is 9.17. The van der Waals surface area contributed by atoms with Gasteiger partial charge in [-0.3, -0.25) is 9.59 Å². The van der Waals surface area contributed by atoms with Gasteiger partial charge in [0.2, 0.25) is 21.8 Å². The average Bonchev–Trinajstić information content (AvgIpc) is 2.73. The van der Waals surface area contributed by atoms with E-state index in [9.17, 15) is 18.0 Å². The lowest BCUT2D eigenvalue weighted by Gasteiger charge is -2.34. The van der Waals surface area contributed by atoms with Gasteiger partial charge in [-0.15, -0.1) is 0 Å². The lowest BCUT2D eigenvalue weighted by atomic mass is 10.0. The zero-order chi connectivity index (χ0) is 25.7. The van der Waals surface area contributed by atoms with Crippen LogP contribution in [-0.4, -0.2) is 54.6 Å². The highest BCUT2D eigenvalue weighted by Gasteiger charge is 2.33. The fourth-order valence-electron chi connectivity index (χ4n) is 3.50. The van der Waals surface area contributed by atoms with Crippen molar-refractivity contribution in [3.63, 3.8) is 0 Å². The Bertz CT molecular complexity index is 1110. The number of nitrogens with one attached hydrogen (secondary N) is 1. The summed E-state index contributed by atoms with van der Waals surface area (Å²) in [5.41, 5.74) is 1.39. The first-order valence-electron chi connectivity index (χ1n) is 11.1. The van der Waals surface area contributed by atoms with Crippen molar-refractivity contribution in [3.8, 4) is 0 Å². The molecule has 0 aliphatic rings. The topological polar surface area (TPSA) is 86.8 Å². The second-order valence-electron chi connectivity index (χ2n) is 9.33. The summed E-state index contributed by atoms with van der Waals surface area (Å²) in [6, 6.07) is 12.6. The molecule has 7 nitrogen and oxygen atoms in total. The summed E-state index contributed by atoms with van der Waals surface area (Å²) in [5, 5.41) is 3.36. The molecule has 0 saturated carbocycles. The first-order chi connectivity index (χ1) is 15.8. The second-order valence-corrected chi connectivity index (χ2v) is 11.8. The molecule has 0 aromatic heterocycles. The van der Waals surface area contributed by atoms with Gasteiger partial charge in [0, 0.05) is 24.2 Å². The van der Waals surface area contributed by atoms with Crippen LogP contribution in [0.5, 0.6) is 0 Å². The van der Waals surface area contributed by atoms with Gasteiger partial charge >= 0.3 is 0 Å². The summed E-state index contributed by atoms with van der Waals surface area (Å²) >= 11 is 5.88. The summed E-state index contributed by atoms with van der Waals surface area (Å²) in [5.74, 6) is -0.737. The molecule has 1 N–H and O–H groups in total. The van der Waals surface area contributed by atoms with E-state index in [1.807, 2.05) is 58.9 Å². The van der Waals surface area contributed by atoms with Gasteiger partial charge in [-0.25, -0.2) is 8.42 Å². The van der Waals surface area contributed by atoms with Gasteiger partial charge in [-0.2, -0.15) is 4.31 Å². The van der Waals surface area contributed by atoms with E-state index >= 15 is 0 Å². The standard InChI is InChI=1S/C25H34ClN3O4S/c1-7-22(24(31)27-25(3,4)5)29(16-19-11-9-8-10-18(19)2)23(30)17-28(6)34(32,33)21-14-12-20(26)13-15-21/h8-15,22H,7,16-17H2,1-6H3,(H,27,31). The minimum absolute atomic E-state index is 0.0372. The van der Waals surface area contributed by atoms with E-state index in [-0.39, 0.29) is 17.3 Å². The lowest BCUT2D eigenvalue weighted by Crippen LogP contribution is -2.55. The first-order valence-corrected chi connectivity index (χ1v) is 13.0. The maximum absolute atomic E-state index is 13.5. The van der Waals surface area contributed by atoms with Crippen molar-refractivity contribution in [1.82, 2.24) is 14.5 Å². The number of halogens is 1.